The molecule has 0 aromatic heterocycles. The zero-order valence-electron chi connectivity index (χ0n) is 8.13. The van der Waals surface area contributed by atoms with Crippen molar-refractivity contribution in [3.8, 4) is 0 Å². The normalized spacial score (nSPS) is 25.6. The van der Waals surface area contributed by atoms with E-state index in [2.05, 4.69) is 10.1 Å². The van der Waals surface area contributed by atoms with E-state index in [4.69, 9.17) is 0 Å². The molecule has 0 amide bonds. The van der Waals surface area contributed by atoms with Crippen molar-refractivity contribution in [1.29, 1.82) is 0 Å². The van der Waals surface area contributed by atoms with Gasteiger partial charge in [0.2, 0.25) is 0 Å². The van der Waals surface area contributed by atoms with Crippen LogP contribution in [0.2, 0.25) is 0 Å². The van der Waals surface area contributed by atoms with Crippen LogP contribution in [0.25, 0.3) is 0 Å². The first kappa shape index (κ1) is 12.6. The Bertz CT molecular complexity index is 339. The quantitative estimate of drug-likeness (QED) is 0.506. The summed E-state index contributed by atoms with van der Waals surface area (Å²) in [6, 6.07) is -1.20. The summed E-state index contributed by atoms with van der Waals surface area (Å²) in [5, 5.41) is 2.37. The van der Waals surface area contributed by atoms with Crippen LogP contribution < -0.4 is 5.32 Å². The van der Waals surface area contributed by atoms with Crippen LogP contribution in [0.3, 0.4) is 0 Å². The van der Waals surface area contributed by atoms with E-state index in [0.717, 1.165) is 0 Å². The molecule has 8 heteroatoms. The summed E-state index contributed by atoms with van der Waals surface area (Å²) < 4.78 is 38.9. The summed E-state index contributed by atoms with van der Waals surface area (Å²) in [7, 11) is 0. The number of ketones is 1. The highest BCUT2D eigenvalue weighted by atomic mass is 19.4. The van der Waals surface area contributed by atoms with Crippen molar-refractivity contribution in [1.82, 2.24) is 5.32 Å². The summed E-state index contributed by atoms with van der Waals surface area (Å²) in [5.74, 6) is -5.08. The predicted molar refractivity (Wildman–Crippen MR) is 43.1 cm³/mol. The SMILES string of the molecule is CC1C(=O)CN[C@@H]1C(=O)OC(=O)C(F)(F)F. The van der Waals surface area contributed by atoms with Gasteiger partial charge in [0, 0.05) is 5.92 Å². The third-order valence-electron chi connectivity index (χ3n) is 2.18. The van der Waals surface area contributed by atoms with Crippen molar-refractivity contribution in [2.75, 3.05) is 6.54 Å². The van der Waals surface area contributed by atoms with Gasteiger partial charge in [-0.2, -0.15) is 13.2 Å². The summed E-state index contributed by atoms with van der Waals surface area (Å²) in [5.41, 5.74) is 0. The Morgan fingerprint density at radius 3 is 2.38 bits per heavy atom. The zero-order valence-corrected chi connectivity index (χ0v) is 8.13. The summed E-state index contributed by atoms with van der Waals surface area (Å²) in [4.78, 5) is 32.4. The molecule has 1 heterocycles. The second kappa shape index (κ2) is 4.20. The van der Waals surface area contributed by atoms with Crippen LogP contribution in [0.5, 0.6) is 0 Å². The van der Waals surface area contributed by atoms with Crippen LogP contribution >= 0.6 is 0 Å². The number of nitrogens with one attached hydrogen (secondary N) is 1. The third-order valence-corrected chi connectivity index (χ3v) is 2.18. The Hall–Kier alpha value is -1.44. The van der Waals surface area contributed by atoms with E-state index in [1.807, 2.05) is 0 Å². The van der Waals surface area contributed by atoms with Crippen molar-refractivity contribution < 1.29 is 32.3 Å². The van der Waals surface area contributed by atoms with Gasteiger partial charge >= 0.3 is 18.1 Å². The Labute approximate surface area is 87.9 Å². The topological polar surface area (TPSA) is 72.5 Å². The maximum atomic E-state index is 11.8. The molecule has 1 saturated heterocycles. The standard InChI is InChI=1S/C8H8F3NO4/c1-3-4(13)2-12-5(3)6(14)16-7(15)8(9,10)11/h3,5,12H,2H2,1H3/t3?,5-/m0/s1. The molecule has 0 aromatic rings. The molecule has 1 N–H and O–H groups in total. The molecule has 1 aliphatic rings. The molecule has 0 spiro atoms. The Balaban J connectivity index is 2.61. The molecule has 90 valence electrons. The fraction of sp³-hybridized carbons (Fsp3) is 0.625. The molecule has 0 radical (unpaired) electrons. The van der Waals surface area contributed by atoms with E-state index >= 15 is 0 Å². The highest BCUT2D eigenvalue weighted by molar-refractivity contribution is 5.97. The Morgan fingerprint density at radius 2 is 2.00 bits per heavy atom. The maximum absolute atomic E-state index is 11.8. The summed E-state index contributed by atoms with van der Waals surface area (Å²) in [6.07, 6.45) is -5.22. The minimum Gasteiger partial charge on any atom is -0.385 e. The fourth-order valence-corrected chi connectivity index (χ4v) is 1.23. The lowest BCUT2D eigenvalue weighted by Crippen LogP contribution is -2.40. The molecule has 1 aliphatic heterocycles. The van der Waals surface area contributed by atoms with Gasteiger partial charge in [0.25, 0.3) is 0 Å². The number of carbonyl (C=O) groups is 3. The molecule has 1 fully saturated rings. The van der Waals surface area contributed by atoms with Gasteiger partial charge in [-0.25, -0.2) is 9.59 Å². The van der Waals surface area contributed by atoms with E-state index in [1.165, 1.54) is 6.92 Å². The lowest BCUT2D eigenvalue weighted by Gasteiger charge is -2.12. The van der Waals surface area contributed by atoms with Crippen molar-refractivity contribution in [2.24, 2.45) is 5.92 Å². The Kier molecular flexibility index (Phi) is 3.32. The molecule has 0 bridgehead atoms. The average molecular weight is 239 g/mol. The second-order valence-corrected chi connectivity index (χ2v) is 3.32. The van der Waals surface area contributed by atoms with Crippen LogP contribution in [0.1, 0.15) is 6.92 Å². The first-order valence-corrected chi connectivity index (χ1v) is 4.32. The summed E-state index contributed by atoms with van der Waals surface area (Å²) in [6.45, 7) is 1.24. The van der Waals surface area contributed by atoms with Crippen molar-refractivity contribution in [3.05, 3.63) is 0 Å². The lowest BCUT2D eigenvalue weighted by molar-refractivity contribution is -0.202. The summed E-state index contributed by atoms with van der Waals surface area (Å²) >= 11 is 0. The minimum absolute atomic E-state index is 0.124. The van der Waals surface area contributed by atoms with Crippen molar-refractivity contribution in [2.45, 2.75) is 19.1 Å². The van der Waals surface area contributed by atoms with E-state index in [-0.39, 0.29) is 12.3 Å². The number of carbonyl (C=O) groups excluding carboxylic acids is 3. The molecule has 0 saturated carbocycles. The van der Waals surface area contributed by atoms with Crippen LogP contribution in [-0.4, -0.2) is 36.5 Å². The fourth-order valence-electron chi connectivity index (χ4n) is 1.23. The van der Waals surface area contributed by atoms with Gasteiger partial charge in [-0.05, 0) is 0 Å². The van der Waals surface area contributed by atoms with E-state index < -0.39 is 30.1 Å². The van der Waals surface area contributed by atoms with Crippen LogP contribution in [-0.2, 0) is 19.1 Å². The number of Topliss-reactive ketones (excluding diaryl/α,β-unsaturated/α-hetero) is 1. The maximum Gasteiger partial charge on any atom is 0.491 e. The van der Waals surface area contributed by atoms with E-state index in [9.17, 15) is 27.6 Å². The number of halogens is 3. The molecule has 16 heavy (non-hydrogen) atoms. The number of esters is 2. The number of rotatable bonds is 1. The molecule has 0 aromatic carbocycles. The molecule has 2 atom stereocenters. The van der Waals surface area contributed by atoms with Crippen molar-refractivity contribution in [3.63, 3.8) is 0 Å². The number of alkyl halides is 3. The largest absolute Gasteiger partial charge is 0.491 e. The van der Waals surface area contributed by atoms with E-state index in [0.29, 0.717) is 0 Å². The van der Waals surface area contributed by atoms with Gasteiger partial charge in [-0.1, -0.05) is 6.92 Å². The molecular formula is C8H8F3NO4. The Morgan fingerprint density at radius 1 is 1.44 bits per heavy atom. The van der Waals surface area contributed by atoms with E-state index in [1.54, 1.807) is 0 Å². The third kappa shape index (κ3) is 2.57. The molecular weight excluding hydrogens is 231 g/mol. The monoisotopic (exact) mass is 239 g/mol. The van der Waals surface area contributed by atoms with Crippen LogP contribution in [0.4, 0.5) is 13.2 Å². The molecule has 1 rings (SSSR count). The number of ether oxygens (including phenoxy) is 1. The van der Waals surface area contributed by atoms with Crippen LogP contribution in [0, 0.1) is 5.92 Å². The molecule has 1 unspecified atom stereocenters. The smallest absolute Gasteiger partial charge is 0.385 e. The first-order chi connectivity index (χ1) is 7.23. The average Bonchev–Trinajstić information content (AvgIpc) is 2.46. The number of hydrogen-bond donors (Lipinski definition) is 1. The highest BCUT2D eigenvalue weighted by Gasteiger charge is 2.45. The van der Waals surface area contributed by atoms with Gasteiger partial charge in [-0.15, -0.1) is 0 Å². The van der Waals surface area contributed by atoms with Gasteiger partial charge in [0.05, 0.1) is 6.54 Å². The van der Waals surface area contributed by atoms with Gasteiger partial charge in [-0.3, -0.25) is 10.1 Å². The lowest BCUT2D eigenvalue weighted by atomic mass is 10.0. The zero-order chi connectivity index (χ0) is 12.5. The molecule has 0 aliphatic carbocycles. The highest BCUT2D eigenvalue weighted by Crippen LogP contribution is 2.19. The minimum atomic E-state index is -5.22. The van der Waals surface area contributed by atoms with Crippen molar-refractivity contribution >= 4 is 17.7 Å². The predicted octanol–water partition coefficient (Wildman–Crippen LogP) is -0.205. The second-order valence-electron chi connectivity index (χ2n) is 3.32. The number of hydrogen-bond acceptors (Lipinski definition) is 5. The first-order valence-electron chi connectivity index (χ1n) is 4.32. The van der Waals surface area contributed by atoms with Crippen LogP contribution in [0.15, 0.2) is 0 Å². The molecule has 5 nitrogen and oxygen atoms in total. The van der Waals surface area contributed by atoms with Gasteiger partial charge in [0.1, 0.15) is 6.04 Å². The van der Waals surface area contributed by atoms with Gasteiger partial charge in [0.15, 0.2) is 5.78 Å². The van der Waals surface area contributed by atoms with Gasteiger partial charge < -0.3 is 4.74 Å².